The lowest BCUT2D eigenvalue weighted by atomic mass is 10.3. The molecule has 2 aromatic heterocycles. The quantitative estimate of drug-likeness (QED) is 0.600. The molecule has 0 fully saturated rings. The van der Waals surface area contributed by atoms with Crippen molar-refractivity contribution in [2.45, 2.75) is 17.3 Å². The molecule has 23 heavy (non-hydrogen) atoms. The third-order valence-corrected chi connectivity index (χ3v) is 7.17. The number of rotatable bonds is 6. The summed E-state index contributed by atoms with van der Waals surface area (Å²) in [6.45, 7) is 1.23. The number of hydrogen-bond acceptors (Lipinski definition) is 5. The maximum atomic E-state index is 12.1. The van der Waals surface area contributed by atoms with E-state index in [1.54, 1.807) is 24.5 Å². The molecule has 0 aliphatic rings. The van der Waals surface area contributed by atoms with Crippen molar-refractivity contribution in [3.05, 3.63) is 39.4 Å². The Morgan fingerprint density at radius 2 is 1.96 bits per heavy atom. The summed E-state index contributed by atoms with van der Waals surface area (Å²) in [7, 11) is 1.41. The van der Waals surface area contributed by atoms with Crippen LogP contribution in [0.1, 0.15) is 10.4 Å². The molecule has 0 spiro atoms. The number of nitrogens with zero attached hydrogens (tertiary/aromatic N) is 2. The molecule has 0 unspecified atom stereocenters. The van der Waals surface area contributed by atoms with Gasteiger partial charge in [0.15, 0.2) is 5.96 Å². The highest BCUT2D eigenvalue weighted by Gasteiger charge is 2.19. The average Bonchev–Trinajstić information content (AvgIpc) is 3.18. The summed E-state index contributed by atoms with van der Waals surface area (Å²) in [6.07, 6.45) is 0. The highest BCUT2D eigenvalue weighted by atomic mass is 32.2. The number of sulfonamides is 1. The molecule has 0 saturated heterocycles. The maximum Gasteiger partial charge on any atom is 0.252 e. The van der Waals surface area contributed by atoms with E-state index in [0.717, 1.165) is 4.88 Å². The molecule has 0 saturated carbocycles. The highest BCUT2D eigenvalue weighted by molar-refractivity contribution is 7.91. The molecule has 2 aromatic rings. The molecule has 0 aliphatic heterocycles. The molecule has 6 nitrogen and oxygen atoms in total. The molecule has 0 atom stereocenters. The van der Waals surface area contributed by atoms with Crippen LogP contribution >= 0.6 is 22.7 Å². The molecule has 0 amide bonds. The summed E-state index contributed by atoms with van der Waals surface area (Å²) in [5.41, 5.74) is 1.20. The third-order valence-electron chi connectivity index (χ3n) is 3.07. The molecule has 9 heteroatoms. The van der Waals surface area contributed by atoms with Crippen molar-refractivity contribution in [2.24, 2.45) is 4.99 Å². The first-order valence-electron chi connectivity index (χ1n) is 6.90. The fourth-order valence-corrected chi connectivity index (χ4v) is 4.88. The van der Waals surface area contributed by atoms with Gasteiger partial charge in [-0.1, -0.05) is 0 Å². The standard InChI is InChI=1S/C14H20N4O2S3/c1-15-14(16-8-11-6-7-21-10-11)17-9-12-4-5-13(22-12)23(19,20)18(2)3/h4-7,10H,8-9H2,1-3H3,(H2,15,16,17). The Labute approximate surface area is 144 Å². The maximum absolute atomic E-state index is 12.1. The minimum absolute atomic E-state index is 0.348. The van der Waals surface area contributed by atoms with E-state index in [2.05, 4.69) is 27.1 Å². The normalized spacial score (nSPS) is 12.6. The van der Waals surface area contributed by atoms with Crippen LogP contribution in [0, 0.1) is 0 Å². The average molecular weight is 373 g/mol. The lowest BCUT2D eigenvalue weighted by molar-refractivity contribution is 0.523. The van der Waals surface area contributed by atoms with Crippen LogP contribution in [-0.4, -0.2) is 39.8 Å². The van der Waals surface area contributed by atoms with Gasteiger partial charge in [0.25, 0.3) is 10.0 Å². The summed E-state index contributed by atoms with van der Waals surface area (Å²) >= 11 is 2.92. The van der Waals surface area contributed by atoms with Gasteiger partial charge in [-0.05, 0) is 34.5 Å². The number of hydrogen-bond donors (Lipinski definition) is 2. The van der Waals surface area contributed by atoms with Crippen molar-refractivity contribution in [1.29, 1.82) is 0 Å². The minimum Gasteiger partial charge on any atom is -0.352 e. The SMILES string of the molecule is CN=C(NCc1ccsc1)NCc1ccc(S(=O)(=O)N(C)C)s1. The number of nitrogens with one attached hydrogen (secondary N) is 2. The Bertz CT molecular complexity index is 749. The lowest BCUT2D eigenvalue weighted by Gasteiger charge is -2.10. The minimum atomic E-state index is -3.36. The van der Waals surface area contributed by atoms with Gasteiger partial charge in [-0.2, -0.15) is 11.3 Å². The summed E-state index contributed by atoms with van der Waals surface area (Å²) in [6, 6.07) is 5.52. The van der Waals surface area contributed by atoms with Crippen LogP contribution in [0.3, 0.4) is 0 Å². The Kier molecular flexibility index (Phi) is 6.17. The molecule has 126 valence electrons. The van der Waals surface area contributed by atoms with E-state index in [1.807, 2.05) is 11.4 Å². The number of thiophene rings is 2. The summed E-state index contributed by atoms with van der Waals surface area (Å²) in [5.74, 6) is 0.682. The van der Waals surface area contributed by atoms with E-state index in [-0.39, 0.29) is 0 Å². The smallest absolute Gasteiger partial charge is 0.252 e. The summed E-state index contributed by atoms with van der Waals surface area (Å²) in [5, 5.41) is 10.5. The van der Waals surface area contributed by atoms with Crippen LogP contribution in [0.2, 0.25) is 0 Å². The fourth-order valence-electron chi connectivity index (χ4n) is 1.74. The monoisotopic (exact) mass is 372 g/mol. The van der Waals surface area contributed by atoms with Gasteiger partial charge in [-0.15, -0.1) is 11.3 Å². The Morgan fingerprint density at radius 1 is 1.22 bits per heavy atom. The molecular weight excluding hydrogens is 352 g/mol. The van der Waals surface area contributed by atoms with Crippen LogP contribution in [0.25, 0.3) is 0 Å². The molecule has 0 radical (unpaired) electrons. The van der Waals surface area contributed by atoms with E-state index >= 15 is 0 Å². The van der Waals surface area contributed by atoms with Crippen LogP contribution < -0.4 is 10.6 Å². The second kappa shape index (κ2) is 7.91. The van der Waals surface area contributed by atoms with Gasteiger partial charge in [0.2, 0.25) is 0 Å². The molecule has 0 aromatic carbocycles. The predicted octanol–water partition coefficient (Wildman–Crippen LogP) is 1.93. The van der Waals surface area contributed by atoms with Crippen LogP contribution in [-0.2, 0) is 23.1 Å². The van der Waals surface area contributed by atoms with E-state index in [1.165, 1.54) is 35.3 Å². The van der Waals surface area contributed by atoms with Crippen molar-refractivity contribution in [1.82, 2.24) is 14.9 Å². The Hall–Kier alpha value is -1.42. The van der Waals surface area contributed by atoms with Gasteiger partial charge in [-0.3, -0.25) is 4.99 Å². The van der Waals surface area contributed by atoms with E-state index in [9.17, 15) is 8.42 Å². The first-order chi connectivity index (χ1) is 10.9. The largest absolute Gasteiger partial charge is 0.352 e. The van der Waals surface area contributed by atoms with E-state index < -0.39 is 10.0 Å². The van der Waals surface area contributed by atoms with Gasteiger partial charge < -0.3 is 10.6 Å². The van der Waals surface area contributed by atoms with E-state index in [4.69, 9.17) is 0 Å². The zero-order valence-electron chi connectivity index (χ0n) is 13.2. The molecular formula is C14H20N4O2S3. The van der Waals surface area contributed by atoms with Crippen molar-refractivity contribution >= 4 is 38.7 Å². The fraction of sp³-hybridized carbons (Fsp3) is 0.357. The van der Waals surface area contributed by atoms with Gasteiger partial charge >= 0.3 is 0 Å². The number of aliphatic imine (C=N–C) groups is 1. The van der Waals surface area contributed by atoms with Crippen molar-refractivity contribution < 1.29 is 8.42 Å². The molecule has 2 heterocycles. The van der Waals surface area contributed by atoms with Gasteiger partial charge in [-0.25, -0.2) is 12.7 Å². The molecule has 2 N–H and O–H groups in total. The summed E-state index contributed by atoms with van der Waals surface area (Å²) in [4.78, 5) is 5.10. The van der Waals surface area contributed by atoms with Crippen LogP contribution in [0.5, 0.6) is 0 Å². The first kappa shape index (κ1) is 17.9. The summed E-state index contributed by atoms with van der Waals surface area (Å²) < 4.78 is 25.7. The third kappa shape index (κ3) is 4.77. The highest BCUT2D eigenvalue weighted by Crippen LogP contribution is 2.23. The van der Waals surface area contributed by atoms with Crippen LogP contribution in [0.4, 0.5) is 0 Å². The molecule has 0 aliphatic carbocycles. The van der Waals surface area contributed by atoms with Crippen molar-refractivity contribution in [2.75, 3.05) is 21.1 Å². The van der Waals surface area contributed by atoms with Gasteiger partial charge in [0.05, 0.1) is 6.54 Å². The zero-order valence-corrected chi connectivity index (χ0v) is 15.7. The van der Waals surface area contributed by atoms with Crippen LogP contribution in [0.15, 0.2) is 38.2 Å². The predicted molar refractivity (Wildman–Crippen MR) is 96.5 cm³/mol. The van der Waals surface area contributed by atoms with Gasteiger partial charge in [0.1, 0.15) is 4.21 Å². The molecule has 0 bridgehead atoms. The molecule has 2 rings (SSSR count). The first-order valence-corrected chi connectivity index (χ1v) is 10.1. The second-order valence-corrected chi connectivity index (χ2v) is 9.25. The van der Waals surface area contributed by atoms with Gasteiger partial charge in [0, 0.05) is 32.6 Å². The Balaban J connectivity index is 1.91. The Morgan fingerprint density at radius 3 is 2.57 bits per heavy atom. The second-order valence-electron chi connectivity index (χ2n) is 4.92. The number of guanidine groups is 1. The zero-order chi connectivity index (χ0) is 16.9. The van der Waals surface area contributed by atoms with Crippen molar-refractivity contribution in [3.63, 3.8) is 0 Å². The lowest BCUT2D eigenvalue weighted by Crippen LogP contribution is -2.36. The topological polar surface area (TPSA) is 73.8 Å². The van der Waals surface area contributed by atoms with E-state index in [0.29, 0.717) is 23.3 Å². The van der Waals surface area contributed by atoms with Crippen molar-refractivity contribution in [3.8, 4) is 0 Å².